The second-order valence-corrected chi connectivity index (χ2v) is 5.71. The molecule has 0 radical (unpaired) electrons. The average Bonchev–Trinajstić information content (AvgIpc) is 2.54. The van der Waals surface area contributed by atoms with Crippen LogP contribution in [0.3, 0.4) is 0 Å². The molecule has 0 aromatic rings. The van der Waals surface area contributed by atoms with Crippen molar-refractivity contribution in [3.8, 4) is 0 Å². The average molecular weight is 368 g/mol. The molecular weight excluding hydrogens is 340 g/mol. The fourth-order valence-corrected chi connectivity index (χ4v) is 1.94. The van der Waals surface area contributed by atoms with Gasteiger partial charge in [0.05, 0.1) is 13.2 Å². The Labute approximate surface area is 154 Å². The van der Waals surface area contributed by atoms with E-state index in [1.165, 1.54) is 13.8 Å². The summed E-state index contributed by atoms with van der Waals surface area (Å²) in [5, 5.41) is 4.55. The van der Waals surface area contributed by atoms with Gasteiger partial charge in [-0.05, 0) is 12.8 Å². The minimum atomic E-state index is -0.622. The summed E-state index contributed by atoms with van der Waals surface area (Å²) in [5.41, 5.74) is -0.124. The topological polar surface area (TPSA) is 111 Å². The van der Waals surface area contributed by atoms with Crippen LogP contribution in [0.2, 0.25) is 0 Å². The smallest absolute Gasteiger partial charge is 0.354 e. The van der Waals surface area contributed by atoms with Crippen molar-refractivity contribution in [2.75, 3.05) is 13.2 Å². The lowest BCUT2D eigenvalue weighted by molar-refractivity contribution is -0.141. The van der Waals surface area contributed by atoms with E-state index in [1.807, 2.05) is 0 Å². The lowest BCUT2D eigenvalue weighted by atomic mass is 10.1. The molecule has 0 unspecified atom stereocenters. The van der Waals surface area contributed by atoms with Crippen LogP contribution in [-0.4, -0.2) is 37.0 Å². The van der Waals surface area contributed by atoms with Gasteiger partial charge in [0.25, 0.3) is 0 Å². The van der Waals surface area contributed by atoms with Crippen molar-refractivity contribution in [3.05, 3.63) is 24.6 Å². The molecular formula is C18H28N2O6. The molecule has 26 heavy (non-hydrogen) atoms. The highest BCUT2D eigenvalue weighted by atomic mass is 16.5. The van der Waals surface area contributed by atoms with Gasteiger partial charge in [0.15, 0.2) is 0 Å². The van der Waals surface area contributed by atoms with Crippen LogP contribution in [0.15, 0.2) is 24.6 Å². The summed E-state index contributed by atoms with van der Waals surface area (Å²) in [5.74, 6) is -1.97. The molecule has 0 fully saturated rings. The van der Waals surface area contributed by atoms with Crippen molar-refractivity contribution < 1.29 is 28.7 Å². The summed E-state index contributed by atoms with van der Waals surface area (Å²) >= 11 is 0. The number of unbranched alkanes of at least 4 members (excludes halogenated alkanes) is 5. The SMILES string of the molecule is C=C(NC(C)=O)C(=O)OCCCCCCCCOC(=O)C(=C)NC(C)=O. The first kappa shape index (κ1) is 23.4. The molecule has 0 aliphatic rings. The van der Waals surface area contributed by atoms with Crippen molar-refractivity contribution in [1.29, 1.82) is 0 Å². The van der Waals surface area contributed by atoms with E-state index in [1.54, 1.807) is 0 Å². The molecule has 0 aromatic heterocycles. The Morgan fingerprint density at radius 3 is 1.27 bits per heavy atom. The van der Waals surface area contributed by atoms with E-state index in [0.717, 1.165) is 38.5 Å². The van der Waals surface area contributed by atoms with Gasteiger partial charge in [0, 0.05) is 13.8 Å². The van der Waals surface area contributed by atoms with E-state index < -0.39 is 11.9 Å². The van der Waals surface area contributed by atoms with Gasteiger partial charge < -0.3 is 20.1 Å². The quantitative estimate of drug-likeness (QED) is 0.291. The number of esters is 2. The number of carbonyl (C=O) groups excluding carboxylic acids is 4. The van der Waals surface area contributed by atoms with Gasteiger partial charge in [0.1, 0.15) is 11.4 Å². The Kier molecular flexibility index (Phi) is 12.2. The van der Waals surface area contributed by atoms with Crippen molar-refractivity contribution >= 4 is 23.8 Å². The third-order valence-electron chi connectivity index (χ3n) is 3.15. The first-order valence-corrected chi connectivity index (χ1v) is 8.51. The third kappa shape index (κ3) is 12.7. The molecule has 146 valence electrons. The molecule has 0 aromatic carbocycles. The molecule has 2 N–H and O–H groups in total. The number of ether oxygens (including phenoxy) is 2. The Bertz CT molecular complexity index is 494. The lowest BCUT2D eigenvalue weighted by Gasteiger charge is -2.08. The highest BCUT2D eigenvalue weighted by molar-refractivity contribution is 5.93. The van der Waals surface area contributed by atoms with Gasteiger partial charge in [-0.3, -0.25) is 9.59 Å². The molecule has 0 saturated heterocycles. The number of carbonyl (C=O) groups is 4. The summed E-state index contributed by atoms with van der Waals surface area (Å²) in [6.07, 6.45) is 5.20. The fraction of sp³-hybridized carbons (Fsp3) is 0.556. The molecule has 8 heteroatoms. The van der Waals surface area contributed by atoms with Crippen LogP contribution in [-0.2, 0) is 28.7 Å². The van der Waals surface area contributed by atoms with Crippen LogP contribution in [0, 0.1) is 0 Å². The maximum absolute atomic E-state index is 11.4. The van der Waals surface area contributed by atoms with Crippen LogP contribution < -0.4 is 10.6 Å². The fourth-order valence-electron chi connectivity index (χ4n) is 1.94. The second-order valence-electron chi connectivity index (χ2n) is 5.71. The zero-order valence-electron chi connectivity index (χ0n) is 15.5. The van der Waals surface area contributed by atoms with Gasteiger partial charge >= 0.3 is 11.9 Å². The van der Waals surface area contributed by atoms with E-state index in [2.05, 4.69) is 23.8 Å². The van der Waals surface area contributed by atoms with Crippen LogP contribution in [0.25, 0.3) is 0 Å². The van der Waals surface area contributed by atoms with E-state index in [-0.39, 0.29) is 36.4 Å². The molecule has 0 aliphatic carbocycles. The zero-order valence-corrected chi connectivity index (χ0v) is 15.5. The van der Waals surface area contributed by atoms with Crippen molar-refractivity contribution in [2.45, 2.75) is 52.4 Å². The van der Waals surface area contributed by atoms with Crippen LogP contribution >= 0.6 is 0 Å². The maximum Gasteiger partial charge on any atom is 0.354 e. The molecule has 0 saturated carbocycles. The van der Waals surface area contributed by atoms with Crippen LogP contribution in [0.1, 0.15) is 52.4 Å². The molecule has 0 aliphatic heterocycles. The number of nitrogens with one attached hydrogen (secondary N) is 2. The normalized spacial score (nSPS) is 9.77. The number of hydrogen-bond donors (Lipinski definition) is 2. The van der Waals surface area contributed by atoms with E-state index >= 15 is 0 Å². The second kappa shape index (κ2) is 13.6. The van der Waals surface area contributed by atoms with Crippen molar-refractivity contribution in [3.63, 3.8) is 0 Å². The third-order valence-corrected chi connectivity index (χ3v) is 3.15. The monoisotopic (exact) mass is 368 g/mol. The molecule has 0 atom stereocenters. The first-order valence-electron chi connectivity index (χ1n) is 8.51. The van der Waals surface area contributed by atoms with Crippen LogP contribution in [0.4, 0.5) is 0 Å². The van der Waals surface area contributed by atoms with E-state index in [4.69, 9.17) is 9.47 Å². The predicted molar refractivity (Wildman–Crippen MR) is 95.5 cm³/mol. The Morgan fingerprint density at radius 2 is 0.962 bits per heavy atom. The summed E-state index contributed by atoms with van der Waals surface area (Å²) in [4.78, 5) is 44.4. The standard InChI is InChI=1S/C18H28N2O6/c1-13(19-15(3)21)17(23)25-11-9-7-5-6-8-10-12-26-18(24)14(2)20-16(4)22/h1-2,5-12H2,3-4H3,(H,19,21)(H,20,22). The number of hydrogen-bond acceptors (Lipinski definition) is 6. The summed E-state index contributed by atoms with van der Waals surface area (Å²) in [6.45, 7) is 9.98. The van der Waals surface area contributed by atoms with Gasteiger partial charge in [0.2, 0.25) is 11.8 Å². The van der Waals surface area contributed by atoms with Gasteiger partial charge in [-0.15, -0.1) is 0 Å². The zero-order chi connectivity index (χ0) is 19.9. The van der Waals surface area contributed by atoms with Gasteiger partial charge in [-0.1, -0.05) is 38.8 Å². The number of rotatable bonds is 13. The first-order chi connectivity index (χ1) is 12.2. The van der Waals surface area contributed by atoms with Crippen molar-refractivity contribution in [1.82, 2.24) is 10.6 Å². The molecule has 0 heterocycles. The van der Waals surface area contributed by atoms with Crippen LogP contribution in [0.5, 0.6) is 0 Å². The molecule has 0 spiro atoms. The van der Waals surface area contributed by atoms with Gasteiger partial charge in [-0.25, -0.2) is 9.59 Å². The minimum Gasteiger partial charge on any atom is -0.461 e. The largest absolute Gasteiger partial charge is 0.461 e. The van der Waals surface area contributed by atoms with E-state index in [0.29, 0.717) is 0 Å². The molecule has 0 bridgehead atoms. The molecule has 0 rings (SSSR count). The van der Waals surface area contributed by atoms with Crippen molar-refractivity contribution in [2.24, 2.45) is 0 Å². The predicted octanol–water partition coefficient (Wildman–Crippen LogP) is 1.71. The minimum absolute atomic E-state index is 0.0618. The Hall–Kier alpha value is -2.64. The summed E-state index contributed by atoms with van der Waals surface area (Å²) in [7, 11) is 0. The van der Waals surface area contributed by atoms with Gasteiger partial charge in [-0.2, -0.15) is 0 Å². The Balaban J connectivity index is 3.52. The maximum atomic E-state index is 11.4. The highest BCUT2D eigenvalue weighted by Gasteiger charge is 2.10. The lowest BCUT2D eigenvalue weighted by Crippen LogP contribution is -2.25. The number of amides is 2. The molecule has 8 nitrogen and oxygen atoms in total. The van der Waals surface area contributed by atoms with E-state index in [9.17, 15) is 19.2 Å². The Morgan fingerprint density at radius 1 is 0.654 bits per heavy atom. The molecule has 2 amide bonds. The highest BCUT2D eigenvalue weighted by Crippen LogP contribution is 2.06. The summed E-state index contributed by atoms with van der Waals surface area (Å²) in [6, 6.07) is 0. The summed E-state index contributed by atoms with van der Waals surface area (Å²) < 4.78 is 9.95.